The topological polar surface area (TPSA) is 34.1 Å². The fourth-order valence-electron chi connectivity index (χ4n) is 0. The summed E-state index contributed by atoms with van der Waals surface area (Å²) in [5.41, 5.74) is 0. The Kier molecular flexibility index (Phi) is 15.9. The third-order valence-corrected chi connectivity index (χ3v) is 0.0417. The zero-order valence-corrected chi connectivity index (χ0v) is 4.82. The average Bonchev–Trinajstić information content (AvgIpc) is 1.37. The van der Waals surface area contributed by atoms with Gasteiger partial charge in [0.15, 0.2) is 0 Å². The van der Waals surface area contributed by atoms with E-state index in [2.05, 4.69) is 0 Å². The second-order valence-corrected chi connectivity index (χ2v) is 0.204. The van der Waals surface area contributed by atoms with Crippen molar-refractivity contribution in [3.8, 4) is 0 Å². The maximum Gasteiger partial charge on any atom is 1.00 e. The van der Waals surface area contributed by atoms with Crippen molar-refractivity contribution in [3.63, 3.8) is 0 Å². The van der Waals surface area contributed by atoms with Gasteiger partial charge in [0.25, 0.3) is 0 Å². The van der Waals surface area contributed by atoms with Gasteiger partial charge in [-0.05, 0) is 0 Å². The van der Waals surface area contributed by atoms with Crippen molar-refractivity contribution >= 4 is 11.9 Å². The molecule has 5 heavy (non-hydrogen) atoms. The van der Waals surface area contributed by atoms with E-state index in [0.29, 0.717) is 0 Å². The molecule has 0 aliphatic rings. The Morgan fingerprint density at radius 2 is 1.40 bits per heavy atom. The fourth-order valence-corrected chi connectivity index (χ4v) is 0. The minimum Gasteiger partial charge on any atom is -1.00 e. The molecule has 0 aliphatic carbocycles. The van der Waals surface area contributed by atoms with Crippen molar-refractivity contribution in [1.29, 1.82) is 0 Å². The number of carbonyl (C=O) groups excluding carboxylic acids is 2. The van der Waals surface area contributed by atoms with E-state index < -0.39 is 0 Å². The van der Waals surface area contributed by atoms with Gasteiger partial charge < -0.3 is 1.43 Å². The van der Waals surface area contributed by atoms with Gasteiger partial charge in [0.1, 0.15) is 0 Å². The molecule has 0 rings (SSSR count). The molecule has 0 saturated heterocycles. The summed E-state index contributed by atoms with van der Waals surface area (Å²) in [4.78, 5) is 17.2. The quantitative estimate of drug-likeness (QED) is 0.222. The van der Waals surface area contributed by atoms with E-state index in [4.69, 9.17) is 9.59 Å². The molecule has 22 valence electrons. The summed E-state index contributed by atoms with van der Waals surface area (Å²) in [7, 11) is 0. The predicted molar refractivity (Wildman–Crippen MR) is 12.5 cm³/mol. The first-order valence-corrected chi connectivity index (χ1v) is 0.658. The summed E-state index contributed by atoms with van der Waals surface area (Å²) in [6.07, 6.45) is 0. The van der Waals surface area contributed by atoms with Crippen LogP contribution in [0, 0.1) is 0 Å². The Bertz CT molecular complexity index is 61.6. The third kappa shape index (κ3) is 14.4. The van der Waals surface area contributed by atoms with E-state index in [1.54, 1.807) is 0 Å². The van der Waals surface area contributed by atoms with Gasteiger partial charge in [-0.2, -0.15) is 0 Å². The summed E-state index contributed by atoms with van der Waals surface area (Å²) in [6, 6.07) is 0. The van der Waals surface area contributed by atoms with Crippen LogP contribution in [0.2, 0.25) is 0 Å². The van der Waals surface area contributed by atoms with Crippen LogP contribution in [0.4, 0.5) is 0 Å². The third-order valence-electron chi connectivity index (χ3n) is 0.0417. The molecule has 0 radical (unpaired) electrons. The average molecular weight is 80.0 g/mol. The van der Waals surface area contributed by atoms with Crippen LogP contribution in [0.25, 0.3) is 0 Å². The Balaban J connectivity index is -0.0000000450. The van der Waals surface area contributed by atoms with Gasteiger partial charge >= 0.3 is 29.6 Å². The van der Waals surface area contributed by atoms with Gasteiger partial charge in [0.05, 0.1) is 0 Å². The standard InChI is InChI=1S/C2O2.Na.H/c3-1-2-4;;/q;+1;-1. The Morgan fingerprint density at radius 1 is 1.20 bits per heavy atom. The summed E-state index contributed by atoms with van der Waals surface area (Å²) in [5.74, 6) is 1.75. The van der Waals surface area contributed by atoms with Crippen molar-refractivity contribution in [1.82, 2.24) is 0 Å². The smallest absolute Gasteiger partial charge is 1.00 e. The maximum atomic E-state index is 8.62. The molecule has 0 heterocycles. The van der Waals surface area contributed by atoms with Crippen LogP contribution in [0.3, 0.4) is 0 Å². The zero-order chi connectivity index (χ0) is 3.41. The predicted octanol–water partition coefficient (Wildman–Crippen LogP) is -3.68. The fraction of sp³-hybridized carbons (Fsp3) is 0. The first kappa shape index (κ1) is 8.94. The maximum absolute atomic E-state index is 8.62. The Morgan fingerprint density at radius 3 is 1.40 bits per heavy atom. The minimum atomic E-state index is 0. The van der Waals surface area contributed by atoms with Crippen LogP contribution in [0.1, 0.15) is 1.43 Å². The van der Waals surface area contributed by atoms with Gasteiger partial charge in [-0.1, -0.05) is 0 Å². The Labute approximate surface area is 52.6 Å². The molecule has 0 fully saturated rings. The van der Waals surface area contributed by atoms with Crippen LogP contribution in [0.15, 0.2) is 0 Å². The van der Waals surface area contributed by atoms with E-state index in [1.807, 2.05) is 0 Å². The zero-order valence-electron chi connectivity index (χ0n) is 3.82. The molecule has 0 unspecified atom stereocenters. The second kappa shape index (κ2) is 8.90. The summed E-state index contributed by atoms with van der Waals surface area (Å²) in [5, 5.41) is 0. The monoisotopic (exact) mass is 80.0 g/mol. The number of rotatable bonds is 0. The van der Waals surface area contributed by atoms with Crippen molar-refractivity contribution in [2.75, 3.05) is 0 Å². The van der Waals surface area contributed by atoms with Crippen LogP contribution in [0.5, 0.6) is 0 Å². The molecule has 0 aromatic heterocycles. The van der Waals surface area contributed by atoms with Crippen LogP contribution in [-0.2, 0) is 9.59 Å². The first-order chi connectivity index (χ1) is 1.91. The molecule has 0 amide bonds. The van der Waals surface area contributed by atoms with Gasteiger partial charge in [-0.15, -0.1) is 0 Å². The molecule has 3 heteroatoms. The SMILES string of the molecule is O=C=C=O.[H-].[Na+]. The van der Waals surface area contributed by atoms with Gasteiger partial charge in [-0.25, -0.2) is 9.59 Å². The molecule has 0 atom stereocenters. The van der Waals surface area contributed by atoms with Crippen molar-refractivity contribution < 1.29 is 40.6 Å². The molecule has 0 bridgehead atoms. The van der Waals surface area contributed by atoms with E-state index in [9.17, 15) is 0 Å². The van der Waals surface area contributed by atoms with Crippen LogP contribution in [-0.4, -0.2) is 11.9 Å². The van der Waals surface area contributed by atoms with Crippen molar-refractivity contribution in [2.24, 2.45) is 0 Å². The summed E-state index contributed by atoms with van der Waals surface area (Å²) >= 11 is 0. The van der Waals surface area contributed by atoms with E-state index >= 15 is 0 Å². The Hall–Kier alpha value is 0.160. The molecule has 0 aliphatic heterocycles. The number of hydrogen-bond donors (Lipinski definition) is 0. The summed E-state index contributed by atoms with van der Waals surface area (Å²) in [6.45, 7) is 0. The van der Waals surface area contributed by atoms with Crippen LogP contribution < -0.4 is 29.6 Å². The van der Waals surface area contributed by atoms with Gasteiger partial charge in [-0.3, -0.25) is 0 Å². The molecule has 0 saturated carbocycles. The first-order valence-electron chi connectivity index (χ1n) is 0.658. The molecule has 0 spiro atoms. The van der Waals surface area contributed by atoms with E-state index in [1.165, 1.54) is 0 Å². The van der Waals surface area contributed by atoms with Crippen LogP contribution >= 0.6 is 0 Å². The molecular formula is C2HNaO2. The largest absolute Gasteiger partial charge is 1.00 e. The van der Waals surface area contributed by atoms with Crippen molar-refractivity contribution in [3.05, 3.63) is 0 Å². The summed E-state index contributed by atoms with van der Waals surface area (Å²) < 4.78 is 0. The second-order valence-electron chi connectivity index (χ2n) is 0.204. The van der Waals surface area contributed by atoms with E-state index in [-0.39, 0.29) is 31.0 Å². The number of hydrogen-bond acceptors (Lipinski definition) is 2. The van der Waals surface area contributed by atoms with Gasteiger partial charge in [0.2, 0.25) is 11.9 Å². The molecule has 0 aromatic carbocycles. The molecule has 2 nitrogen and oxygen atoms in total. The van der Waals surface area contributed by atoms with Gasteiger partial charge in [0, 0.05) is 0 Å². The van der Waals surface area contributed by atoms with Crippen molar-refractivity contribution in [2.45, 2.75) is 0 Å². The molecule has 0 N–H and O–H groups in total. The molecule has 0 aromatic rings. The normalized spacial score (nSPS) is 2.40. The minimum absolute atomic E-state index is 0. The van der Waals surface area contributed by atoms with E-state index in [0.717, 1.165) is 11.9 Å². The molecular weight excluding hydrogens is 79.0 g/mol.